The van der Waals surface area contributed by atoms with Gasteiger partial charge in [-0.1, -0.05) is 25.0 Å². The summed E-state index contributed by atoms with van der Waals surface area (Å²) < 4.78 is 0. The van der Waals surface area contributed by atoms with Gasteiger partial charge in [-0.05, 0) is 36.9 Å². The Morgan fingerprint density at radius 2 is 2.20 bits per heavy atom. The maximum Gasteiger partial charge on any atom is 0.241 e. The molecule has 1 aromatic carbocycles. The summed E-state index contributed by atoms with van der Waals surface area (Å²) in [4.78, 5) is 16.5. The Kier molecular flexibility index (Phi) is 3.92. The molecule has 2 N–H and O–H groups in total. The van der Waals surface area contributed by atoms with Gasteiger partial charge in [0.1, 0.15) is 0 Å². The molecule has 104 valence electrons. The van der Waals surface area contributed by atoms with Crippen molar-refractivity contribution in [2.45, 2.75) is 31.7 Å². The van der Waals surface area contributed by atoms with Crippen molar-refractivity contribution in [3.63, 3.8) is 0 Å². The summed E-state index contributed by atoms with van der Waals surface area (Å²) in [6.45, 7) is 0.926. The molecule has 3 rings (SSSR count). The third kappa shape index (κ3) is 2.80. The van der Waals surface area contributed by atoms with Gasteiger partial charge in [0, 0.05) is 17.8 Å². The first-order valence-corrected chi connectivity index (χ1v) is 7.21. The van der Waals surface area contributed by atoms with Gasteiger partial charge in [0.2, 0.25) is 5.91 Å². The Hall–Kier alpha value is -1.94. The molecule has 1 aromatic heterocycles. The second-order valence-electron chi connectivity index (χ2n) is 5.25. The van der Waals surface area contributed by atoms with E-state index in [9.17, 15) is 4.79 Å². The molecule has 20 heavy (non-hydrogen) atoms. The number of rotatable bonds is 2. The summed E-state index contributed by atoms with van der Waals surface area (Å²) in [5, 5.41) is 8.44. The summed E-state index contributed by atoms with van der Waals surface area (Å²) in [6, 6.07) is 7.78. The molecule has 0 aliphatic carbocycles. The number of benzene rings is 1. The molecule has 0 bridgehead atoms. The topological polar surface area (TPSA) is 54.0 Å². The Morgan fingerprint density at radius 1 is 1.25 bits per heavy atom. The lowest BCUT2D eigenvalue weighted by molar-refractivity contribution is -0.118. The van der Waals surface area contributed by atoms with E-state index in [4.69, 9.17) is 0 Å². The van der Waals surface area contributed by atoms with E-state index in [1.807, 2.05) is 24.3 Å². The van der Waals surface area contributed by atoms with Gasteiger partial charge in [0.25, 0.3) is 0 Å². The molecule has 1 fully saturated rings. The van der Waals surface area contributed by atoms with Crippen molar-refractivity contribution in [2.75, 3.05) is 11.9 Å². The summed E-state index contributed by atoms with van der Waals surface area (Å²) in [7, 11) is 0. The fourth-order valence-electron chi connectivity index (χ4n) is 2.69. The quantitative estimate of drug-likeness (QED) is 0.881. The van der Waals surface area contributed by atoms with Gasteiger partial charge in [-0.2, -0.15) is 0 Å². The van der Waals surface area contributed by atoms with E-state index >= 15 is 0 Å². The van der Waals surface area contributed by atoms with Crippen LogP contribution in [0, 0.1) is 0 Å². The molecule has 1 aliphatic heterocycles. The number of carbonyl (C=O) groups excluding carboxylic acids is 1. The molecule has 0 saturated carbocycles. The zero-order valence-electron chi connectivity index (χ0n) is 11.4. The number of nitrogens with zero attached hydrogens (tertiary/aromatic N) is 1. The summed E-state index contributed by atoms with van der Waals surface area (Å²) in [6.07, 6.45) is 7.94. The van der Waals surface area contributed by atoms with Crippen LogP contribution in [0.1, 0.15) is 25.7 Å². The van der Waals surface area contributed by atoms with Crippen LogP contribution in [0.25, 0.3) is 10.8 Å². The van der Waals surface area contributed by atoms with Gasteiger partial charge in [-0.25, -0.2) is 0 Å². The van der Waals surface area contributed by atoms with E-state index in [0.29, 0.717) is 0 Å². The molecule has 0 spiro atoms. The number of carbonyl (C=O) groups is 1. The third-order valence-corrected chi connectivity index (χ3v) is 3.82. The van der Waals surface area contributed by atoms with E-state index in [1.54, 1.807) is 12.4 Å². The van der Waals surface area contributed by atoms with Gasteiger partial charge in [-0.3, -0.25) is 9.78 Å². The molecular weight excluding hydrogens is 250 g/mol. The van der Waals surface area contributed by atoms with Crippen molar-refractivity contribution < 1.29 is 4.79 Å². The highest BCUT2D eigenvalue weighted by molar-refractivity contribution is 6.03. The van der Waals surface area contributed by atoms with Crippen LogP contribution in [-0.4, -0.2) is 23.5 Å². The van der Waals surface area contributed by atoms with Crippen LogP contribution in [0.15, 0.2) is 36.7 Å². The number of pyridine rings is 1. The standard InChI is InChI=1S/C16H19N3O/c20-16(15-6-2-1-3-9-18-15)19-14-7-4-5-12-8-10-17-11-13(12)14/h4-5,7-8,10-11,15,18H,1-3,6,9H2,(H,19,20). The highest BCUT2D eigenvalue weighted by Crippen LogP contribution is 2.22. The highest BCUT2D eigenvalue weighted by atomic mass is 16.2. The van der Waals surface area contributed by atoms with E-state index in [-0.39, 0.29) is 11.9 Å². The molecule has 1 amide bonds. The van der Waals surface area contributed by atoms with Gasteiger partial charge in [-0.15, -0.1) is 0 Å². The number of nitrogens with one attached hydrogen (secondary N) is 2. The van der Waals surface area contributed by atoms with Crippen LogP contribution in [0.2, 0.25) is 0 Å². The second-order valence-corrected chi connectivity index (χ2v) is 5.25. The molecule has 0 radical (unpaired) electrons. The number of fused-ring (bicyclic) bond motifs is 1. The predicted octanol–water partition coefficient (Wildman–Crippen LogP) is 2.71. The smallest absolute Gasteiger partial charge is 0.241 e. The average molecular weight is 269 g/mol. The zero-order chi connectivity index (χ0) is 13.8. The minimum atomic E-state index is -0.0792. The lowest BCUT2D eigenvalue weighted by atomic mass is 10.1. The number of aromatic nitrogens is 1. The Morgan fingerprint density at radius 3 is 3.15 bits per heavy atom. The van der Waals surface area contributed by atoms with Crippen LogP contribution in [0.5, 0.6) is 0 Å². The largest absolute Gasteiger partial charge is 0.324 e. The van der Waals surface area contributed by atoms with Crippen LogP contribution < -0.4 is 10.6 Å². The number of hydrogen-bond donors (Lipinski definition) is 2. The molecule has 1 aliphatic rings. The van der Waals surface area contributed by atoms with Crippen molar-refractivity contribution in [2.24, 2.45) is 0 Å². The number of anilines is 1. The first kappa shape index (κ1) is 13.1. The fraction of sp³-hybridized carbons (Fsp3) is 0.375. The van der Waals surface area contributed by atoms with Crippen LogP contribution in [0.3, 0.4) is 0 Å². The van der Waals surface area contributed by atoms with E-state index in [1.165, 1.54) is 6.42 Å². The lowest BCUT2D eigenvalue weighted by Gasteiger charge is -2.16. The molecular formula is C16H19N3O. The summed E-state index contributed by atoms with van der Waals surface area (Å²) in [5.41, 5.74) is 0.839. The minimum Gasteiger partial charge on any atom is -0.324 e. The van der Waals surface area contributed by atoms with Gasteiger partial charge in [0.15, 0.2) is 0 Å². The van der Waals surface area contributed by atoms with E-state index in [2.05, 4.69) is 15.6 Å². The average Bonchev–Trinajstić information content (AvgIpc) is 2.77. The molecule has 1 saturated heterocycles. The molecule has 2 heterocycles. The van der Waals surface area contributed by atoms with Gasteiger partial charge < -0.3 is 10.6 Å². The number of hydrogen-bond acceptors (Lipinski definition) is 3. The van der Waals surface area contributed by atoms with Gasteiger partial charge >= 0.3 is 0 Å². The SMILES string of the molecule is O=C(Nc1cccc2ccncc12)C1CCCCCN1. The van der Waals surface area contributed by atoms with Crippen molar-refractivity contribution in [1.29, 1.82) is 0 Å². The minimum absolute atomic E-state index is 0.0586. The van der Waals surface area contributed by atoms with Crippen LogP contribution in [-0.2, 0) is 4.79 Å². The Balaban J connectivity index is 1.80. The number of amides is 1. The summed E-state index contributed by atoms with van der Waals surface area (Å²) in [5.74, 6) is 0.0586. The maximum absolute atomic E-state index is 12.4. The van der Waals surface area contributed by atoms with Crippen molar-refractivity contribution in [1.82, 2.24) is 10.3 Å². The Bertz CT molecular complexity index is 598. The Labute approximate surface area is 118 Å². The monoisotopic (exact) mass is 269 g/mol. The molecule has 4 nitrogen and oxygen atoms in total. The molecule has 1 atom stereocenters. The van der Waals surface area contributed by atoms with Crippen molar-refractivity contribution >= 4 is 22.4 Å². The lowest BCUT2D eigenvalue weighted by Crippen LogP contribution is -2.39. The third-order valence-electron chi connectivity index (χ3n) is 3.82. The zero-order valence-corrected chi connectivity index (χ0v) is 11.4. The molecule has 2 aromatic rings. The van der Waals surface area contributed by atoms with Crippen molar-refractivity contribution in [3.05, 3.63) is 36.7 Å². The highest BCUT2D eigenvalue weighted by Gasteiger charge is 2.19. The van der Waals surface area contributed by atoms with Crippen LogP contribution in [0.4, 0.5) is 5.69 Å². The summed E-state index contributed by atoms with van der Waals surface area (Å²) >= 11 is 0. The first-order valence-electron chi connectivity index (χ1n) is 7.21. The van der Waals surface area contributed by atoms with Gasteiger partial charge in [0.05, 0.1) is 11.7 Å². The molecule has 1 unspecified atom stereocenters. The fourth-order valence-corrected chi connectivity index (χ4v) is 2.69. The van der Waals surface area contributed by atoms with E-state index < -0.39 is 0 Å². The van der Waals surface area contributed by atoms with Crippen molar-refractivity contribution in [3.8, 4) is 0 Å². The normalized spacial score (nSPS) is 19.5. The van der Waals surface area contributed by atoms with E-state index in [0.717, 1.165) is 42.3 Å². The second kappa shape index (κ2) is 6.01. The molecule has 4 heteroatoms. The maximum atomic E-state index is 12.4. The predicted molar refractivity (Wildman–Crippen MR) is 80.6 cm³/mol. The first-order chi connectivity index (χ1) is 9.84. The van der Waals surface area contributed by atoms with Crippen LogP contribution >= 0.6 is 0 Å².